The van der Waals surface area contributed by atoms with E-state index in [4.69, 9.17) is 9.47 Å². The summed E-state index contributed by atoms with van der Waals surface area (Å²) in [5.41, 5.74) is 1.79. The zero-order chi connectivity index (χ0) is 21.2. The van der Waals surface area contributed by atoms with Crippen molar-refractivity contribution in [2.24, 2.45) is 29.6 Å². The van der Waals surface area contributed by atoms with Crippen LogP contribution in [0.3, 0.4) is 0 Å². The van der Waals surface area contributed by atoms with Crippen LogP contribution in [0, 0.1) is 29.6 Å². The molecule has 6 atom stereocenters. The smallest absolute Gasteiger partial charge is 0.331 e. The maximum atomic E-state index is 12.8. The normalized spacial score (nSPS) is 31.5. The van der Waals surface area contributed by atoms with Crippen LogP contribution in [0.15, 0.2) is 23.8 Å². The van der Waals surface area contributed by atoms with Crippen LogP contribution < -0.4 is 0 Å². The quantitative estimate of drug-likeness (QED) is 0.385. The van der Waals surface area contributed by atoms with Gasteiger partial charge < -0.3 is 9.47 Å². The van der Waals surface area contributed by atoms with Gasteiger partial charge in [0.1, 0.15) is 18.0 Å². The van der Waals surface area contributed by atoms with Crippen LogP contribution in [-0.2, 0) is 23.9 Å². The van der Waals surface area contributed by atoms with E-state index in [1.807, 2.05) is 13.8 Å². The SMILES string of the molecule is C=C1[C@H](OC(=O)/C=C(\C)CC)C[C@@H](C(C)C)[C@@H]2[C@@H]([C@@H](C)OC(C)=O)C(=O)C[C@@H]12. The summed E-state index contributed by atoms with van der Waals surface area (Å²) >= 11 is 0. The second-order valence-corrected chi connectivity index (χ2v) is 8.68. The topological polar surface area (TPSA) is 69.7 Å². The third-order valence-corrected chi connectivity index (χ3v) is 6.44. The molecule has 0 spiro atoms. The van der Waals surface area contributed by atoms with Crippen LogP contribution in [0.5, 0.6) is 0 Å². The second-order valence-electron chi connectivity index (χ2n) is 8.68. The van der Waals surface area contributed by atoms with Crippen LogP contribution in [0.1, 0.15) is 60.8 Å². The molecule has 5 nitrogen and oxygen atoms in total. The monoisotopic (exact) mass is 390 g/mol. The van der Waals surface area contributed by atoms with Crippen LogP contribution in [0.4, 0.5) is 0 Å². The summed E-state index contributed by atoms with van der Waals surface area (Å²) in [6, 6.07) is 0. The van der Waals surface area contributed by atoms with Gasteiger partial charge in [-0.3, -0.25) is 9.59 Å². The Labute approximate surface area is 168 Å². The Morgan fingerprint density at radius 2 is 1.89 bits per heavy atom. The number of ether oxygens (including phenoxy) is 2. The number of carbonyl (C=O) groups excluding carboxylic acids is 3. The molecule has 0 unspecified atom stereocenters. The first kappa shape index (κ1) is 22.4. The molecular weight excluding hydrogens is 356 g/mol. The van der Waals surface area contributed by atoms with Gasteiger partial charge in [0.15, 0.2) is 0 Å². The summed E-state index contributed by atoms with van der Waals surface area (Å²) in [6.45, 7) is 15.5. The standard InChI is InChI=1S/C23H34O5/c1-8-13(4)9-21(26)28-20-11-17(12(2)3)23-18(14(20)5)10-19(25)22(23)15(6)27-16(7)24/h9,12,15,17-18,20,22-23H,5,8,10-11H2,1-4,6-7H3/b13-9+/t15-,17+,18+,20-,22+,23+/m1/s1. The molecule has 0 aromatic rings. The largest absolute Gasteiger partial charge is 0.462 e. The van der Waals surface area contributed by atoms with E-state index in [1.54, 1.807) is 6.92 Å². The molecule has 0 bridgehead atoms. The third kappa shape index (κ3) is 4.73. The van der Waals surface area contributed by atoms with Crippen LogP contribution in [0.25, 0.3) is 0 Å². The average Bonchev–Trinajstić information content (AvgIpc) is 2.93. The summed E-state index contributed by atoms with van der Waals surface area (Å²) in [4.78, 5) is 36.6. The number of hydrogen-bond acceptors (Lipinski definition) is 5. The van der Waals surface area contributed by atoms with Gasteiger partial charge in [-0.25, -0.2) is 4.79 Å². The number of hydrogen-bond donors (Lipinski definition) is 0. The molecule has 0 N–H and O–H groups in total. The van der Waals surface area contributed by atoms with Crippen molar-refractivity contribution in [1.82, 2.24) is 0 Å². The molecule has 0 amide bonds. The van der Waals surface area contributed by atoms with Gasteiger partial charge in [0, 0.05) is 19.4 Å². The number of ketones is 1. The lowest BCUT2D eigenvalue weighted by molar-refractivity contribution is -0.153. The molecule has 0 aromatic heterocycles. The first-order valence-electron chi connectivity index (χ1n) is 10.3. The zero-order valence-electron chi connectivity index (χ0n) is 18.0. The van der Waals surface area contributed by atoms with Crippen molar-refractivity contribution >= 4 is 17.7 Å². The summed E-state index contributed by atoms with van der Waals surface area (Å²) in [7, 11) is 0. The van der Waals surface area contributed by atoms with Gasteiger partial charge in [-0.05, 0) is 55.9 Å². The highest BCUT2D eigenvalue weighted by molar-refractivity contribution is 5.86. The van der Waals surface area contributed by atoms with Crippen molar-refractivity contribution in [3.63, 3.8) is 0 Å². The molecule has 0 radical (unpaired) electrons. The Bertz CT molecular complexity index is 674. The first-order chi connectivity index (χ1) is 13.1. The molecule has 2 aliphatic rings. The molecule has 156 valence electrons. The van der Waals surface area contributed by atoms with Crippen molar-refractivity contribution in [2.45, 2.75) is 73.0 Å². The number of rotatable bonds is 6. The summed E-state index contributed by atoms with van der Waals surface area (Å²) in [5.74, 6) is -0.388. The van der Waals surface area contributed by atoms with Gasteiger partial charge in [0.25, 0.3) is 0 Å². The maximum absolute atomic E-state index is 12.8. The minimum absolute atomic E-state index is 0.0364. The molecule has 2 saturated carbocycles. The summed E-state index contributed by atoms with van der Waals surface area (Å²) in [6.07, 6.45) is 2.53. The first-order valence-corrected chi connectivity index (χ1v) is 10.3. The number of carbonyl (C=O) groups is 3. The number of fused-ring (bicyclic) bond motifs is 1. The van der Waals surface area contributed by atoms with E-state index in [1.165, 1.54) is 13.0 Å². The van der Waals surface area contributed by atoms with Gasteiger partial charge in [-0.1, -0.05) is 32.9 Å². The van der Waals surface area contributed by atoms with Crippen LogP contribution in [-0.4, -0.2) is 29.9 Å². The predicted molar refractivity (Wildman–Crippen MR) is 107 cm³/mol. The van der Waals surface area contributed by atoms with Crippen LogP contribution >= 0.6 is 0 Å². The maximum Gasteiger partial charge on any atom is 0.331 e. The molecule has 28 heavy (non-hydrogen) atoms. The zero-order valence-corrected chi connectivity index (χ0v) is 18.0. The highest BCUT2D eigenvalue weighted by Gasteiger charge is 2.55. The highest BCUT2D eigenvalue weighted by Crippen LogP contribution is 2.53. The van der Waals surface area contributed by atoms with E-state index in [9.17, 15) is 14.4 Å². The number of allylic oxidation sites excluding steroid dienone is 1. The van der Waals surface area contributed by atoms with Crippen molar-refractivity contribution in [1.29, 1.82) is 0 Å². The Morgan fingerprint density at radius 1 is 1.25 bits per heavy atom. The number of Topliss-reactive ketones (excluding diaryl/α,β-unsaturated/α-hetero) is 1. The van der Waals surface area contributed by atoms with Gasteiger partial charge in [0.2, 0.25) is 0 Å². The molecule has 0 saturated heterocycles. The molecule has 0 aromatic carbocycles. The van der Waals surface area contributed by atoms with Gasteiger partial charge >= 0.3 is 11.9 Å². The molecule has 2 aliphatic carbocycles. The van der Waals surface area contributed by atoms with E-state index in [0.717, 1.165) is 17.6 Å². The molecule has 2 rings (SSSR count). The fourth-order valence-corrected chi connectivity index (χ4v) is 4.92. The van der Waals surface area contributed by atoms with Crippen molar-refractivity contribution in [2.75, 3.05) is 0 Å². The molecular formula is C23H34O5. The molecule has 5 heteroatoms. The van der Waals surface area contributed by atoms with Crippen molar-refractivity contribution in [3.05, 3.63) is 23.8 Å². The van der Waals surface area contributed by atoms with Crippen molar-refractivity contribution in [3.8, 4) is 0 Å². The minimum Gasteiger partial charge on any atom is -0.462 e. The van der Waals surface area contributed by atoms with E-state index in [-0.39, 0.29) is 47.5 Å². The molecule has 0 heterocycles. The minimum atomic E-state index is -0.455. The Kier molecular flexibility index (Phi) is 7.24. The number of esters is 2. The summed E-state index contributed by atoms with van der Waals surface area (Å²) < 4.78 is 11.1. The van der Waals surface area contributed by atoms with E-state index in [2.05, 4.69) is 20.4 Å². The van der Waals surface area contributed by atoms with Crippen LogP contribution in [0.2, 0.25) is 0 Å². The lowest BCUT2D eigenvalue weighted by Gasteiger charge is -2.44. The summed E-state index contributed by atoms with van der Waals surface area (Å²) in [5, 5.41) is 0. The molecule has 2 fully saturated rings. The average molecular weight is 391 g/mol. The third-order valence-electron chi connectivity index (χ3n) is 6.44. The highest BCUT2D eigenvalue weighted by atomic mass is 16.5. The van der Waals surface area contributed by atoms with E-state index in [0.29, 0.717) is 18.8 Å². The van der Waals surface area contributed by atoms with E-state index >= 15 is 0 Å². The fourth-order valence-electron chi connectivity index (χ4n) is 4.92. The second kappa shape index (κ2) is 9.06. The van der Waals surface area contributed by atoms with E-state index < -0.39 is 6.10 Å². The lowest BCUT2D eigenvalue weighted by Crippen LogP contribution is -2.44. The van der Waals surface area contributed by atoms with Gasteiger partial charge in [-0.15, -0.1) is 0 Å². The Balaban J connectivity index is 2.26. The van der Waals surface area contributed by atoms with Gasteiger partial charge in [0.05, 0.1) is 5.92 Å². The van der Waals surface area contributed by atoms with Crippen molar-refractivity contribution < 1.29 is 23.9 Å². The molecule has 0 aliphatic heterocycles. The van der Waals surface area contributed by atoms with Gasteiger partial charge in [-0.2, -0.15) is 0 Å². The predicted octanol–water partition coefficient (Wildman–Crippen LogP) is 4.26. The lowest BCUT2D eigenvalue weighted by atomic mass is 9.63. The Morgan fingerprint density at radius 3 is 2.43 bits per heavy atom. The fraction of sp³-hybridized carbons (Fsp3) is 0.696. The Hall–Kier alpha value is -1.91.